The third kappa shape index (κ3) is 3.81. The fraction of sp³-hybridized carbons (Fsp3) is 0.348. The molecule has 0 spiro atoms. The van der Waals surface area contributed by atoms with Crippen LogP contribution in [0.25, 0.3) is 11.3 Å². The summed E-state index contributed by atoms with van der Waals surface area (Å²) in [5, 5.41) is 15.0. The molecule has 4 aromatic heterocycles. The van der Waals surface area contributed by atoms with Gasteiger partial charge in [0.25, 0.3) is 0 Å². The van der Waals surface area contributed by atoms with Gasteiger partial charge in [0.05, 0.1) is 6.04 Å². The molecule has 0 aromatic carbocycles. The molecule has 1 atom stereocenters. The van der Waals surface area contributed by atoms with Crippen LogP contribution in [0, 0.1) is 6.92 Å². The Balaban J connectivity index is 1.33. The lowest BCUT2D eigenvalue weighted by Crippen LogP contribution is -2.41. The van der Waals surface area contributed by atoms with Crippen molar-refractivity contribution in [3.05, 3.63) is 59.9 Å². The lowest BCUT2D eigenvalue weighted by atomic mass is 9.92. The molecular weight excluding hydrogens is 404 g/mol. The minimum Gasteiger partial charge on any atom is -0.359 e. The van der Waals surface area contributed by atoms with Gasteiger partial charge in [0, 0.05) is 53.4 Å². The Morgan fingerprint density at radius 3 is 2.72 bits per heavy atom. The van der Waals surface area contributed by atoms with Crippen LogP contribution >= 0.6 is 0 Å². The molecule has 1 aliphatic rings. The second-order valence-corrected chi connectivity index (χ2v) is 9.03. The normalized spacial score (nSPS) is 16.1. The topological polar surface area (TPSA) is 109 Å². The lowest BCUT2D eigenvalue weighted by Gasteiger charge is -2.39. The SMILES string of the molecule is Cc1ncccc1-c1cc(C2CCN2c2nccc(Nc3cc(C(C)(C)C)[nH]n3)n2)on1. The van der Waals surface area contributed by atoms with Crippen LogP contribution in [0.1, 0.15) is 50.4 Å². The second-order valence-electron chi connectivity index (χ2n) is 9.03. The second kappa shape index (κ2) is 7.74. The Morgan fingerprint density at radius 2 is 2.00 bits per heavy atom. The number of hydrogen-bond donors (Lipinski definition) is 2. The predicted octanol–water partition coefficient (Wildman–Crippen LogP) is 4.55. The third-order valence-electron chi connectivity index (χ3n) is 5.70. The van der Waals surface area contributed by atoms with Gasteiger partial charge in [-0.25, -0.2) is 4.98 Å². The average Bonchev–Trinajstić information content (AvgIpc) is 3.38. The number of anilines is 3. The molecule has 5 heterocycles. The summed E-state index contributed by atoms with van der Waals surface area (Å²) >= 11 is 0. The van der Waals surface area contributed by atoms with Crippen LogP contribution in [-0.2, 0) is 5.41 Å². The maximum Gasteiger partial charge on any atom is 0.227 e. The summed E-state index contributed by atoms with van der Waals surface area (Å²) in [6, 6.07) is 9.79. The monoisotopic (exact) mass is 430 g/mol. The van der Waals surface area contributed by atoms with Gasteiger partial charge in [-0.2, -0.15) is 10.1 Å². The number of rotatable bonds is 5. The van der Waals surface area contributed by atoms with Crippen molar-refractivity contribution in [2.45, 2.75) is 45.6 Å². The molecule has 0 amide bonds. The van der Waals surface area contributed by atoms with Crippen LogP contribution in [0.3, 0.4) is 0 Å². The highest BCUT2D eigenvalue weighted by Gasteiger charge is 2.35. The largest absolute Gasteiger partial charge is 0.359 e. The number of aromatic amines is 1. The zero-order valence-corrected chi connectivity index (χ0v) is 18.6. The molecule has 0 aliphatic carbocycles. The van der Waals surface area contributed by atoms with Crippen molar-refractivity contribution in [1.82, 2.24) is 30.3 Å². The van der Waals surface area contributed by atoms with Gasteiger partial charge >= 0.3 is 0 Å². The van der Waals surface area contributed by atoms with E-state index in [1.165, 1.54) is 0 Å². The first kappa shape index (κ1) is 20.2. The standard InChI is InChI=1S/C23H26N8O/c1-14-15(6-5-9-24-14)16-12-18(32-30-16)17-8-11-31(17)22-25-10-7-20(27-22)26-21-13-19(28-29-21)23(2,3)4/h5-7,9-10,12-13,17H,8,11H2,1-4H3,(H2,25,26,27,28,29). The Labute approximate surface area is 186 Å². The molecule has 164 valence electrons. The number of aryl methyl sites for hydroxylation is 1. The third-order valence-corrected chi connectivity index (χ3v) is 5.70. The molecule has 0 radical (unpaired) electrons. The summed E-state index contributed by atoms with van der Waals surface area (Å²) in [7, 11) is 0. The van der Waals surface area contributed by atoms with E-state index in [2.05, 4.69) is 56.3 Å². The van der Waals surface area contributed by atoms with Crippen LogP contribution in [0.4, 0.5) is 17.6 Å². The van der Waals surface area contributed by atoms with Crippen LogP contribution in [-0.4, -0.2) is 36.9 Å². The first-order chi connectivity index (χ1) is 15.4. The molecular formula is C23H26N8O. The maximum atomic E-state index is 5.69. The molecule has 2 N–H and O–H groups in total. The van der Waals surface area contributed by atoms with E-state index in [1.807, 2.05) is 37.3 Å². The summed E-state index contributed by atoms with van der Waals surface area (Å²) in [5.41, 5.74) is 3.75. The highest BCUT2D eigenvalue weighted by molar-refractivity contribution is 5.62. The van der Waals surface area contributed by atoms with Crippen molar-refractivity contribution >= 4 is 17.6 Å². The van der Waals surface area contributed by atoms with E-state index >= 15 is 0 Å². The first-order valence-electron chi connectivity index (χ1n) is 10.7. The number of pyridine rings is 1. The summed E-state index contributed by atoms with van der Waals surface area (Å²) in [4.78, 5) is 15.6. The Bertz CT molecular complexity index is 1240. The van der Waals surface area contributed by atoms with E-state index in [0.29, 0.717) is 11.8 Å². The molecule has 1 unspecified atom stereocenters. The zero-order chi connectivity index (χ0) is 22.3. The zero-order valence-electron chi connectivity index (χ0n) is 18.6. The van der Waals surface area contributed by atoms with Crippen LogP contribution < -0.4 is 10.2 Å². The van der Waals surface area contributed by atoms with Gasteiger partial charge in [-0.3, -0.25) is 10.1 Å². The molecule has 0 saturated carbocycles. The number of nitrogens with zero attached hydrogens (tertiary/aromatic N) is 6. The molecule has 1 fully saturated rings. The number of H-pyrrole nitrogens is 1. The smallest absolute Gasteiger partial charge is 0.227 e. The van der Waals surface area contributed by atoms with Gasteiger partial charge in [-0.05, 0) is 31.5 Å². The molecule has 5 rings (SSSR count). The summed E-state index contributed by atoms with van der Waals surface area (Å²) in [6.07, 6.45) is 4.48. The van der Waals surface area contributed by atoms with Gasteiger partial charge < -0.3 is 14.7 Å². The van der Waals surface area contributed by atoms with E-state index in [9.17, 15) is 0 Å². The molecule has 32 heavy (non-hydrogen) atoms. The number of hydrogen-bond acceptors (Lipinski definition) is 8. The van der Waals surface area contributed by atoms with Crippen molar-refractivity contribution in [3.63, 3.8) is 0 Å². The van der Waals surface area contributed by atoms with Crippen molar-refractivity contribution in [3.8, 4) is 11.3 Å². The highest BCUT2D eigenvalue weighted by atomic mass is 16.5. The van der Waals surface area contributed by atoms with Crippen molar-refractivity contribution in [2.24, 2.45) is 0 Å². The number of aromatic nitrogens is 6. The van der Waals surface area contributed by atoms with Crippen LogP contribution in [0.15, 0.2) is 47.2 Å². The average molecular weight is 431 g/mol. The van der Waals surface area contributed by atoms with E-state index in [-0.39, 0.29) is 11.5 Å². The molecule has 1 aliphatic heterocycles. The van der Waals surface area contributed by atoms with Crippen LogP contribution in [0.5, 0.6) is 0 Å². The molecule has 1 saturated heterocycles. The molecule has 9 nitrogen and oxygen atoms in total. The van der Waals surface area contributed by atoms with E-state index in [1.54, 1.807) is 12.4 Å². The lowest BCUT2D eigenvalue weighted by molar-refractivity contribution is 0.315. The highest BCUT2D eigenvalue weighted by Crippen LogP contribution is 2.38. The quantitative estimate of drug-likeness (QED) is 0.475. The van der Waals surface area contributed by atoms with Gasteiger partial charge in [0.15, 0.2) is 11.6 Å². The fourth-order valence-electron chi connectivity index (χ4n) is 3.71. The Hall–Kier alpha value is -3.75. The van der Waals surface area contributed by atoms with E-state index in [4.69, 9.17) is 9.51 Å². The van der Waals surface area contributed by atoms with E-state index < -0.39 is 0 Å². The Kier molecular flexibility index (Phi) is 4.88. The van der Waals surface area contributed by atoms with Gasteiger partial charge in [0.1, 0.15) is 11.5 Å². The van der Waals surface area contributed by atoms with Gasteiger partial charge in [0.2, 0.25) is 5.95 Å². The summed E-state index contributed by atoms with van der Waals surface area (Å²) in [6.45, 7) is 9.24. The van der Waals surface area contributed by atoms with E-state index in [0.717, 1.165) is 47.2 Å². The van der Waals surface area contributed by atoms with Gasteiger partial charge in [-0.1, -0.05) is 25.9 Å². The first-order valence-corrected chi connectivity index (χ1v) is 10.7. The van der Waals surface area contributed by atoms with Crippen LogP contribution in [0.2, 0.25) is 0 Å². The summed E-state index contributed by atoms with van der Waals surface area (Å²) < 4.78 is 5.69. The van der Waals surface area contributed by atoms with Crippen molar-refractivity contribution in [2.75, 3.05) is 16.8 Å². The number of nitrogens with one attached hydrogen (secondary N) is 2. The minimum atomic E-state index is -0.00109. The van der Waals surface area contributed by atoms with Crippen molar-refractivity contribution < 1.29 is 4.52 Å². The fourth-order valence-corrected chi connectivity index (χ4v) is 3.71. The molecule has 4 aromatic rings. The minimum absolute atomic E-state index is 0.00109. The summed E-state index contributed by atoms with van der Waals surface area (Å²) in [5.74, 6) is 2.87. The van der Waals surface area contributed by atoms with Gasteiger partial charge in [-0.15, -0.1) is 0 Å². The van der Waals surface area contributed by atoms with Crippen molar-refractivity contribution in [1.29, 1.82) is 0 Å². The molecule has 0 bridgehead atoms. The maximum absolute atomic E-state index is 5.69. The predicted molar refractivity (Wildman–Crippen MR) is 122 cm³/mol. The Morgan fingerprint density at radius 1 is 1.12 bits per heavy atom. The molecule has 9 heteroatoms.